The van der Waals surface area contributed by atoms with Gasteiger partial charge in [0.1, 0.15) is 6.07 Å². The highest BCUT2D eigenvalue weighted by molar-refractivity contribution is 5.91. The third-order valence-electron chi connectivity index (χ3n) is 6.43. The van der Waals surface area contributed by atoms with E-state index in [0.29, 0.717) is 5.56 Å². The fourth-order valence-corrected chi connectivity index (χ4v) is 4.37. The third kappa shape index (κ3) is 4.31. The first-order valence-electron chi connectivity index (χ1n) is 11.2. The summed E-state index contributed by atoms with van der Waals surface area (Å²) in [6.07, 6.45) is 7.24. The fourth-order valence-electron chi connectivity index (χ4n) is 4.37. The van der Waals surface area contributed by atoms with Gasteiger partial charge in [-0.05, 0) is 49.4 Å². The summed E-state index contributed by atoms with van der Waals surface area (Å²) in [7, 11) is 2.17. The van der Waals surface area contributed by atoms with Crippen LogP contribution in [0.25, 0.3) is 22.2 Å². The molecule has 0 atom stereocenters. The molecule has 5 rings (SSSR count). The van der Waals surface area contributed by atoms with Gasteiger partial charge in [-0.15, -0.1) is 0 Å². The minimum Gasteiger partial charge on any atom is -0.361 e. The number of hydrogen-bond acceptors (Lipinski definition) is 6. The molecule has 1 aromatic carbocycles. The maximum absolute atomic E-state index is 9.76. The van der Waals surface area contributed by atoms with Gasteiger partial charge in [0.15, 0.2) is 0 Å². The maximum atomic E-state index is 9.76. The van der Waals surface area contributed by atoms with Crippen molar-refractivity contribution in [1.29, 1.82) is 5.26 Å². The molecule has 0 unspecified atom stereocenters. The quantitative estimate of drug-likeness (QED) is 0.484. The molecule has 1 fully saturated rings. The first-order chi connectivity index (χ1) is 16.1. The van der Waals surface area contributed by atoms with Crippen LogP contribution in [0.4, 0.5) is 11.4 Å². The van der Waals surface area contributed by atoms with Gasteiger partial charge < -0.3 is 15.2 Å². The Kier molecular flexibility index (Phi) is 5.78. The molecule has 1 aliphatic heterocycles. The molecular weight excluding hydrogens is 410 g/mol. The number of likely N-dealkylation sites (N-methyl/N-ethyl adjacent to an activating group) is 1. The van der Waals surface area contributed by atoms with Gasteiger partial charge in [0.25, 0.3) is 0 Å². The maximum Gasteiger partial charge on any atom is 0.103 e. The summed E-state index contributed by atoms with van der Waals surface area (Å²) in [4.78, 5) is 17.1. The van der Waals surface area contributed by atoms with Crippen molar-refractivity contribution in [2.75, 3.05) is 38.5 Å². The van der Waals surface area contributed by atoms with Gasteiger partial charge in [-0.1, -0.05) is 6.07 Å². The minimum absolute atomic E-state index is 0.490. The number of nitrogens with one attached hydrogen (secondary N) is 2. The van der Waals surface area contributed by atoms with Gasteiger partial charge in [-0.2, -0.15) is 5.26 Å². The lowest BCUT2D eigenvalue weighted by Gasteiger charge is -2.32. The number of anilines is 2. The highest BCUT2D eigenvalue weighted by atomic mass is 15.2. The van der Waals surface area contributed by atoms with Gasteiger partial charge in [-0.25, -0.2) is 0 Å². The molecule has 7 nitrogen and oxygen atoms in total. The summed E-state index contributed by atoms with van der Waals surface area (Å²) in [5.74, 6) is 0. The summed E-state index contributed by atoms with van der Waals surface area (Å²) in [6, 6.07) is 12.6. The van der Waals surface area contributed by atoms with Crippen molar-refractivity contribution in [2.24, 2.45) is 0 Å². The van der Waals surface area contributed by atoms with Gasteiger partial charge in [0.05, 0.1) is 16.9 Å². The molecule has 33 heavy (non-hydrogen) atoms. The van der Waals surface area contributed by atoms with E-state index in [1.165, 1.54) is 5.56 Å². The number of H-pyrrole nitrogens is 1. The molecule has 0 bridgehead atoms. The summed E-state index contributed by atoms with van der Waals surface area (Å²) < 4.78 is 0. The van der Waals surface area contributed by atoms with Crippen LogP contribution in [0.5, 0.6) is 0 Å². The molecule has 4 aromatic rings. The number of aryl methyl sites for hydroxylation is 1. The second kappa shape index (κ2) is 9.02. The first kappa shape index (κ1) is 21.1. The Morgan fingerprint density at radius 3 is 2.67 bits per heavy atom. The van der Waals surface area contributed by atoms with E-state index in [0.717, 1.165) is 71.8 Å². The fraction of sp³-hybridized carbons (Fsp3) is 0.269. The minimum atomic E-state index is 0.490. The first-order valence-corrected chi connectivity index (χ1v) is 11.2. The zero-order chi connectivity index (χ0) is 22.8. The Balaban J connectivity index is 1.44. The number of benzene rings is 1. The molecule has 166 valence electrons. The molecule has 0 spiro atoms. The Bertz CT molecular complexity index is 1310. The molecule has 7 heteroatoms. The van der Waals surface area contributed by atoms with Gasteiger partial charge in [0, 0.05) is 79.7 Å². The number of pyridine rings is 2. The molecular formula is C26H27N7. The Hall–Kier alpha value is -3.73. The van der Waals surface area contributed by atoms with Crippen LogP contribution >= 0.6 is 0 Å². The molecule has 0 radical (unpaired) electrons. The molecule has 3 aromatic heterocycles. The van der Waals surface area contributed by atoms with E-state index in [-0.39, 0.29) is 0 Å². The van der Waals surface area contributed by atoms with Gasteiger partial charge in [-0.3, -0.25) is 14.9 Å². The van der Waals surface area contributed by atoms with Crippen LogP contribution in [-0.2, 0) is 6.54 Å². The second-order valence-corrected chi connectivity index (χ2v) is 8.65. The predicted molar refractivity (Wildman–Crippen MR) is 131 cm³/mol. The van der Waals surface area contributed by atoms with Gasteiger partial charge >= 0.3 is 0 Å². The largest absolute Gasteiger partial charge is 0.361 e. The van der Waals surface area contributed by atoms with E-state index in [1.54, 1.807) is 12.4 Å². The number of hydrogen-bond donors (Lipinski definition) is 2. The van der Waals surface area contributed by atoms with E-state index in [1.807, 2.05) is 30.6 Å². The molecule has 0 saturated carbocycles. The van der Waals surface area contributed by atoms with Crippen molar-refractivity contribution < 1.29 is 0 Å². The predicted octanol–water partition coefficient (Wildman–Crippen LogP) is 4.30. The number of fused-ring (bicyclic) bond motifs is 1. The molecule has 2 N–H and O–H groups in total. The van der Waals surface area contributed by atoms with Crippen molar-refractivity contribution >= 4 is 22.3 Å². The normalized spacial score (nSPS) is 14.9. The Labute approximate surface area is 193 Å². The lowest BCUT2D eigenvalue weighted by atomic mass is 10.0. The van der Waals surface area contributed by atoms with Crippen molar-refractivity contribution in [1.82, 2.24) is 24.8 Å². The number of nitriles is 1. The van der Waals surface area contributed by atoms with Crippen LogP contribution < -0.4 is 5.32 Å². The van der Waals surface area contributed by atoms with E-state index in [4.69, 9.17) is 4.98 Å². The topological polar surface area (TPSA) is 83.9 Å². The molecule has 1 aliphatic rings. The zero-order valence-corrected chi connectivity index (χ0v) is 19.0. The lowest BCUT2D eigenvalue weighted by Crippen LogP contribution is -2.43. The smallest absolute Gasteiger partial charge is 0.103 e. The van der Waals surface area contributed by atoms with Crippen LogP contribution in [0.3, 0.4) is 0 Å². The standard InChI is InChI=1S/C26H27N7/c1-18-21-7-8-29-24(21)6-5-23(18)31-26-20(13-27)15-28-16-22(26)25-4-3-19(14-30-25)17-33-11-9-32(2)10-12-33/h3-8,14-16,29H,9-12,17H2,1-2H3,(H,28,31). The van der Waals surface area contributed by atoms with Crippen molar-refractivity contribution in [3.8, 4) is 17.3 Å². The van der Waals surface area contributed by atoms with Crippen molar-refractivity contribution in [2.45, 2.75) is 13.5 Å². The third-order valence-corrected chi connectivity index (χ3v) is 6.43. The monoisotopic (exact) mass is 437 g/mol. The zero-order valence-electron chi connectivity index (χ0n) is 19.0. The summed E-state index contributed by atoms with van der Waals surface area (Å²) in [6.45, 7) is 7.33. The highest BCUT2D eigenvalue weighted by Gasteiger charge is 2.16. The van der Waals surface area contributed by atoms with Crippen molar-refractivity contribution in [3.05, 3.63) is 71.8 Å². The summed E-state index contributed by atoms with van der Waals surface area (Å²) in [5, 5.41) is 14.4. The average Bonchev–Trinajstić information content (AvgIpc) is 3.33. The average molecular weight is 438 g/mol. The SMILES string of the molecule is Cc1c(Nc2c(C#N)cncc2-c2ccc(CN3CCN(C)CC3)cn2)ccc2[nH]ccc12. The van der Waals surface area contributed by atoms with Crippen LogP contribution in [0.1, 0.15) is 16.7 Å². The molecule has 4 heterocycles. The van der Waals surface area contributed by atoms with Crippen LogP contribution in [-0.4, -0.2) is 58.0 Å². The van der Waals surface area contributed by atoms with E-state index in [9.17, 15) is 5.26 Å². The van der Waals surface area contributed by atoms with E-state index in [2.05, 4.69) is 57.3 Å². The molecule has 0 amide bonds. The number of aromatic amines is 1. The van der Waals surface area contributed by atoms with Crippen LogP contribution in [0.15, 0.2) is 55.1 Å². The number of aromatic nitrogens is 3. The Morgan fingerprint density at radius 2 is 1.91 bits per heavy atom. The van der Waals surface area contributed by atoms with Crippen LogP contribution in [0.2, 0.25) is 0 Å². The van der Waals surface area contributed by atoms with Crippen LogP contribution in [0, 0.1) is 18.3 Å². The van der Waals surface area contributed by atoms with Gasteiger partial charge in [0.2, 0.25) is 0 Å². The number of piperazine rings is 1. The highest BCUT2D eigenvalue weighted by Crippen LogP contribution is 2.34. The van der Waals surface area contributed by atoms with E-state index < -0.39 is 0 Å². The van der Waals surface area contributed by atoms with E-state index >= 15 is 0 Å². The number of nitrogens with zero attached hydrogens (tertiary/aromatic N) is 5. The summed E-state index contributed by atoms with van der Waals surface area (Å²) >= 11 is 0. The Morgan fingerprint density at radius 1 is 1.06 bits per heavy atom. The second-order valence-electron chi connectivity index (χ2n) is 8.65. The molecule has 0 aliphatic carbocycles. The summed E-state index contributed by atoms with van der Waals surface area (Å²) in [5.41, 5.74) is 7.18. The number of rotatable bonds is 5. The van der Waals surface area contributed by atoms with Crippen molar-refractivity contribution in [3.63, 3.8) is 0 Å². The lowest BCUT2D eigenvalue weighted by molar-refractivity contribution is 0.148. The molecule has 1 saturated heterocycles.